The SMILES string of the molecule is C[C@@H](OC(=O)c1cccc(CS(C)(=O)=O)c1)C(=O)NCc1ccc2c(c1)OCO2. The molecule has 0 aliphatic carbocycles. The predicted molar refractivity (Wildman–Crippen MR) is 104 cm³/mol. The molecule has 2 aromatic rings. The molecule has 1 N–H and O–H groups in total. The summed E-state index contributed by atoms with van der Waals surface area (Å²) in [4.78, 5) is 24.5. The van der Waals surface area contributed by atoms with Gasteiger partial charge >= 0.3 is 5.97 Å². The highest BCUT2D eigenvalue weighted by Crippen LogP contribution is 2.32. The van der Waals surface area contributed by atoms with Gasteiger partial charge in [0.2, 0.25) is 6.79 Å². The van der Waals surface area contributed by atoms with Crippen molar-refractivity contribution in [1.29, 1.82) is 0 Å². The Kier molecular flexibility index (Phi) is 6.07. The summed E-state index contributed by atoms with van der Waals surface area (Å²) in [5, 5.41) is 2.70. The number of hydrogen-bond acceptors (Lipinski definition) is 7. The van der Waals surface area contributed by atoms with Crippen LogP contribution in [0.4, 0.5) is 0 Å². The molecule has 0 aromatic heterocycles. The number of amides is 1. The fourth-order valence-electron chi connectivity index (χ4n) is 2.76. The van der Waals surface area contributed by atoms with Gasteiger partial charge in [-0.15, -0.1) is 0 Å². The molecule has 1 amide bonds. The number of nitrogens with one attached hydrogen (secondary N) is 1. The predicted octanol–water partition coefficient (Wildman–Crippen LogP) is 1.82. The minimum Gasteiger partial charge on any atom is -0.454 e. The Morgan fingerprint density at radius 2 is 1.86 bits per heavy atom. The van der Waals surface area contributed by atoms with E-state index in [2.05, 4.69) is 5.32 Å². The molecule has 9 heteroatoms. The molecule has 0 saturated heterocycles. The normalized spacial score (nSPS) is 13.6. The first kappa shape index (κ1) is 20.7. The summed E-state index contributed by atoms with van der Waals surface area (Å²) in [6.07, 6.45) is 0.0972. The van der Waals surface area contributed by atoms with Gasteiger partial charge in [0.15, 0.2) is 27.4 Å². The Labute approximate surface area is 168 Å². The summed E-state index contributed by atoms with van der Waals surface area (Å²) in [6, 6.07) is 11.5. The summed E-state index contributed by atoms with van der Waals surface area (Å²) in [6.45, 7) is 1.87. The molecule has 154 valence electrons. The van der Waals surface area contributed by atoms with Gasteiger partial charge in [0.05, 0.1) is 11.3 Å². The van der Waals surface area contributed by atoms with Gasteiger partial charge in [-0.05, 0) is 42.3 Å². The molecule has 1 atom stereocenters. The molecule has 1 aliphatic heterocycles. The zero-order chi connectivity index (χ0) is 21.0. The summed E-state index contributed by atoms with van der Waals surface area (Å²) < 4.78 is 38.6. The lowest BCUT2D eigenvalue weighted by Gasteiger charge is -2.14. The standard InChI is InChI=1S/C20H21NO7S/c1-13(19(22)21-10-14-6-7-17-18(9-14)27-12-26-17)28-20(23)16-5-3-4-15(8-16)11-29(2,24)25/h3-9,13H,10-12H2,1-2H3,(H,21,22)/t13-/m1/s1. The molecule has 1 aliphatic rings. The Bertz CT molecular complexity index is 1030. The smallest absolute Gasteiger partial charge is 0.338 e. The summed E-state index contributed by atoms with van der Waals surface area (Å²) in [5.41, 5.74) is 1.47. The van der Waals surface area contributed by atoms with Crippen LogP contribution >= 0.6 is 0 Å². The summed E-state index contributed by atoms with van der Waals surface area (Å²) >= 11 is 0. The van der Waals surface area contributed by atoms with Gasteiger partial charge in [-0.3, -0.25) is 4.79 Å². The molecule has 2 aromatic carbocycles. The minimum atomic E-state index is -3.23. The number of sulfone groups is 1. The maximum atomic E-state index is 12.3. The first-order valence-electron chi connectivity index (χ1n) is 8.85. The van der Waals surface area contributed by atoms with E-state index in [9.17, 15) is 18.0 Å². The van der Waals surface area contributed by atoms with Gasteiger partial charge in [-0.2, -0.15) is 0 Å². The summed E-state index contributed by atoms with van der Waals surface area (Å²) in [7, 11) is -3.23. The fourth-order valence-corrected chi connectivity index (χ4v) is 3.54. The van der Waals surface area contributed by atoms with Crippen LogP contribution in [0.15, 0.2) is 42.5 Å². The van der Waals surface area contributed by atoms with Crippen LogP contribution in [0.25, 0.3) is 0 Å². The Balaban J connectivity index is 1.55. The van der Waals surface area contributed by atoms with Crippen LogP contribution in [-0.2, 0) is 31.7 Å². The zero-order valence-electron chi connectivity index (χ0n) is 16.0. The number of carbonyl (C=O) groups excluding carboxylic acids is 2. The van der Waals surface area contributed by atoms with E-state index in [0.717, 1.165) is 11.8 Å². The highest BCUT2D eigenvalue weighted by atomic mass is 32.2. The van der Waals surface area contributed by atoms with Crippen LogP contribution in [0.1, 0.15) is 28.4 Å². The van der Waals surface area contributed by atoms with Crippen molar-refractivity contribution >= 4 is 21.7 Å². The van der Waals surface area contributed by atoms with Crippen molar-refractivity contribution in [3.05, 3.63) is 59.2 Å². The van der Waals surface area contributed by atoms with Crippen molar-refractivity contribution in [2.24, 2.45) is 0 Å². The monoisotopic (exact) mass is 419 g/mol. The molecular formula is C20H21NO7S. The van der Waals surface area contributed by atoms with Crippen LogP contribution in [-0.4, -0.2) is 39.4 Å². The van der Waals surface area contributed by atoms with E-state index in [-0.39, 0.29) is 24.7 Å². The van der Waals surface area contributed by atoms with Gasteiger partial charge in [0.1, 0.15) is 0 Å². The molecule has 0 unspecified atom stereocenters. The lowest BCUT2D eigenvalue weighted by Crippen LogP contribution is -2.35. The highest BCUT2D eigenvalue weighted by Gasteiger charge is 2.20. The molecule has 0 saturated carbocycles. The van der Waals surface area contributed by atoms with Crippen molar-refractivity contribution in [2.45, 2.75) is 25.3 Å². The van der Waals surface area contributed by atoms with Gasteiger partial charge in [-0.25, -0.2) is 13.2 Å². The van der Waals surface area contributed by atoms with E-state index in [1.807, 2.05) is 0 Å². The summed E-state index contributed by atoms with van der Waals surface area (Å²) in [5.74, 6) is -0.0697. The van der Waals surface area contributed by atoms with E-state index >= 15 is 0 Å². The van der Waals surface area contributed by atoms with Crippen molar-refractivity contribution in [3.63, 3.8) is 0 Å². The largest absolute Gasteiger partial charge is 0.454 e. The van der Waals surface area contributed by atoms with Crippen LogP contribution in [0.3, 0.4) is 0 Å². The van der Waals surface area contributed by atoms with Gasteiger partial charge in [-0.1, -0.05) is 18.2 Å². The topological polar surface area (TPSA) is 108 Å². The van der Waals surface area contributed by atoms with Crippen LogP contribution in [0, 0.1) is 0 Å². The third-order valence-electron chi connectivity index (χ3n) is 4.15. The van der Waals surface area contributed by atoms with Crippen LogP contribution in [0.2, 0.25) is 0 Å². The number of hydrogen-bond donors (Lipinski definition) is 1. The molecule has 0 bridgehead atoms. The van der Waals surface area contributed by atoms with E-state index in [0.29, 0.717) is 17.1 Å². The van der Waals surface area contributed by atoms with Crippen molar-refractivity contribution in [1.82, 2.24) is 5.32 Å². The molecule has 8 nitrogen and oxygen atoms in total. The quantitative estimate of drug-likeness (QED) is 0.682. The second-order valence-electron chi connectivity index (χ2n) is 6.72. The molecule has 0 spiro atoms. The second-order valence-corrected chi connectivity index (χ2v) is 8.86. The molecule has 0 fully saturated rings. The first-order valence-corrected chi connectivity index (χ1v) is 10.9. The second kappa shape index (κ2) is 8.52. The van der Waals surface area contributed by atoms with Crippen molar-refractivity contribution < 1.29 is 32.2 Å². The third kappa shape index (κ3) is 5.71. The minimum absolute atomic E-state index is 0.170. The number of carbonyl (C=O) groups is 2. The Morgan fingerprint density at radius 1 is 1.10 bits per heavy atom. The van der Waals surface area contributed by atoms with E-state index in [1.165, 1.54) is 19.1 Å². The lowest BCUT2D eigenvalue weighted by molar-refractivity contribution is -0.129. The van der Waals surface area contributed by atoms with E-state index in [4.69, 9.17) is 14.2 Å². The van der Waals surface area contributed by atoms with Crippen LogP contribution in [0.5, 0.6) is 11.5 Å². The molecule has 29 heavy (non-hydrogen) atoms. The molecular weight excluding hydrogens is 398 g/mol. The van der Waals surface area contributed by atoms with Gasteiger partial charge in [0.25, 0.3) is 5.91 Å². The van der Waals surface area contributed by atoms with Gasteiger partial charge in [0, 0.05) is 12.8 Å². The zero-order valence-corrected chi connectivity index (χ0v) is 16.8. The fraction of sp³-hybridized carbons (Fsp3) is 0.300. The highest BCUT2D eigenvalue weighted by molar-refractivity contribution is 7.89. The van der Waals surface area contributed by atoms with E-state index in [1.54, 1.807) is 30.3 Å². The number of benzene rings is 2. The maximum Gasteiger partial charge on any atom is 0.338 e. The average Bonchev–Trinajstić information content (AvgIpc) is 3.12. The number of ether oxygens (including phenoxy) is 3. The van der Waals surface area contributed by atoms with E-state index < -0.39 is 27.8 Å². The van der Waals surface area contributed by atoms with Crippen molar-refractivity contribution in [2.75, 3.05) is 13.0 Å². The van der Waals surface area contributed by atoms with Crippen LogP contribution < -0.4 is 14.8 Å². The molecule has 3 rings (SSSR count). The lowest BCUT2D eigenvalue weighted by atomic mass is 10.1. The molecule has 0 radical (unpaired) electrons. The average molecular weight is 419 g/mol. The Hall–Kier alpha value is -3.07. The first-order chi connectivity index (χ1) is 13.7. The third-order valence-corrected chi connectivity index (χ3v) is 5.01. The number of rotatable bonds is 7. The molecule has 1 heterocycles. The number of esters is 1. The Morgan fingerprint density at radius 3 is 2.62 bits per heavy atom. The van der Waals surface area contributed by atoms with Gasteiger partial charge < -0.3 is 19.5 Å². The van der Waals surface area contributed by atoms with Crippen molar-refractivity contribution in [3.8, 4) is 11.5 Å². The number of fused-ring (bicyclic) bond motifs is 1. The maximum absolute atomic E-state index is 12.3.